The summed E-state index contributed by atoms with van der Waals surface area (Å²) < 4.78 is 31.7. The Morgan fingerprint density at radius 1 is 1.47 bits per heavy atom. The number of amides is 1. The Balaban J connectivity index is 2.99. The smallest absolute Gasteiger partial charge is 0.259 e. The van der Waals surface area contributed by atoms with Crippen LogP contribution in [0.25, 0.3) is 0 Å². The molecule has 0 saturated heterocycles. The van der Waals surface area contributed by atoms with E-state index in [1.165, 1.54) is 19.1 Å². The molecule has 1 aromatic carbocycles. The van der Waals surface area contributed by atoms with Gasteiger partial charge in [-0.15, -0.1) is 0 Å². The van der Waals surface area contributed by atoms with E-state index in [4.69, 9.17) is 10.5 Å². The van der Waals surface area contributed by atoms with Gasteiger partial charge in [0.25, 0.3) is 5.91 Å². The summed E-state index contributed by atoms with van der Waals surface area (Å²) >= 11 is 0. The quantitative estimate of drug-likeness (QED) is 0.811. The predicted molar refractivity (Wildman–Crippen MR) is 59.6 cm³/mol. The molecule has 0 aromatic heterocycles. The zero-order chi connectivity index (χ0) is 13.0. The van der Waals surface area contributed by atoms with Gasteiger partial charge in [0.2, 0.25) is 0 Å². The summed E-state index contributed by atoms with van der Waals surface area (Å²) in [6.07, 6.45) is 0. The van der Waals surface area contributed by atoms with Crippen LogP contribution in [0.4, 0.5) is 14.5 Å². The van der Waals surface area contributed by atoms with Crippen LogP contribution in [0.2, 0.25) is 0 Å². The summed E-state index contributed by atoms with van der Waals surface area (Å²) in [5.41, 5.74) is 4.40. The largest absolute Gasteiger partial charge is 0.396 e. The molecule has 17 heavy (non-hydrogen) atoms. The van der Waals surface area contributed by atoms with Crippen molar-refractivity contribution in [3.8, 4) is 0 Å². The van der Waals surface area contributed by atoms with Crippen molar-refractivity contribution in [1.29, 1.82) is 0 Å². The number of nitrogen functional groups attached to an aromatic ring is 1. The molecule has 0 aliphatic heterocycles. The lowest BCUT2D eigenvalue weighted by Crippen LogP contribution is -2.31. The molecule has 0 bridgehead atoms. The number of hydrogen-bond acceptors (Lipinski definition) is 3. The highest BCUT2D eigenvalue weighted by Gasteiger charge is 2.22. The van der Waals surface area contributed by atoms with Crippen molar-refractivity contribution in [2.75, 3.05) is 33.0 Å². The average molecular weight is 244 g/mol. The molecule has 1 rings (SSSR count). The first-order chi connectivity index (χ1) is 7.99. The van der Waals surface area contributed by atoms with Crippen molar-refractivity contribution in [2.45, 2.75) is 0 Å². The number of anilines is 1. The van der Waals surface area contributed by atoms with E-state index in [2.05, 4.69) is 0 Å². The normalized spacial score (nSPS) is 10.4. The maximum absolute atomic E-state index is 13.6. The van der Waals surface area contributed by atoms with Gasteiger partial charge in [-0.25, -0.2) is 8.78 Å². The van der Waals surface area contributed by atoms with Crippen LogP contribution in [0.1, 0.15) is 10.4 Å². The number of benzene rings is 1. The Morgan fingerprint density at radius 3 is 2.71 bits per heavy atom. The third-order valence-corrected chi connectivity index (χ3v) is 2.31. The molecule has 0 heterocycles. The van der Waals surface area contributed by atoms with E-state index in [-0.39, 0.29) is 18.8 Å². The van der Waals surface area contributed by atoms with Gasteiger partial charge in [0.15, 0.2) is 5.82 Å². The minimum absolute atomic E-state index is 0.239. The fourth-order valence-electron chi connectivity index (χ4n) is 1.29. The highest BCUT2D eigenvalue weighted by atomic mass is 19.1. The van der Waals surface area contributed by atoms with Gasteiger partial charge in [0, 0.05) is 20.7 Å². The molecule has 0 aliphatic rings. The van der Waals surface area contributed by atoms with Crippen molar-refractivity contribution in [2.24, 2.45) is 0 Å². The number of ether oxygens (including phenoxy) is 1. The zero-order valence-electron chi connectivity index (χ0n) is 9.67. The second-order valence-corrected chi connectivity index (χ2v) is 3.55. The predicted octanol–water partition coefficient (Wildman–Crippen LogP) is 1.27. The van der Waals surface area contributed by atoms with Gasteiger partial charge in [-0.05, 0) is 12.1 Å². The molecule has 0 atom stereocenters. The van der Waals surface area contributed by atoms with E-state index in [0.717, 1.165) is 12.1 Å². The Bertz CT molecular complexity index is 424. The molecule has 4 nitrogen and oxygen atoms in total. The third kappa shape index (κ3) is 2.91. The van der Waals surface area contributed by atoms with Crippen LogP contribution in [-0.2, 0) is 4.74 Å². The Labute approximate surface area is 98.0 Å². The maximum Gasteiger partial charge on any atom is 0.259 e. The monoisotopic (exact) mass is 244 g/mol. The van der Waals surface area contributed by atoms with Crippen LogP contribution >= 0.6 is 0 Å². The van der Waals surface area contributed by atoms with Crippen LogP contribution in [0.15, 0.2) is 12.1 Å². The Hall–Kier alpha value is -1.69. The second-order valence-electron chi connectivity index (χ2n) is 3.55. The number of methoxy groups -OCH3 is 1. The summed E-state index contributed by atoms with van der Waals surface area (Å²) in [5, 5.41) is 0. The summed E-state index contributed by atoms with van der Waals surface area (Å²) in [6, 6.07) is 2.05. The SMILES string of the molecule is COCCN(C)C(=O)c1c(F)ccc(N)c1F. The molecule has 0 fully saturated rings. The van der Waals surface area contributed by atoms with E-state index >= 15 is 0 Å². The standard InChI is InChI=1S/C11H14F2N2O2/c1-15(5-6-17-2)11(16)9-7(12)3-4-8(14)10(9)13/h3-4H,5-6,14H2,1-2H3. The molecule has 0 radical (unpaired) electrons. The molecule has 0 aliphatic carbocycles. The van der Waals surface area contributed by atoms with Crippen LogP contribution in [-0.4, -0.2) is 38.1 Å². The molecule has 1 aromatic rings. The molecular weight excluding hydrogens is 230 g/mol. The zero-order valence-corrected chi connectivity index (χ0v) is 9.67. The van der Waals surface area contributed by atoms with Gasteiger partial charge in [-0.1, -0.05) is 0 Å². The summed E-state index contributed by atoms with van der Waals surface area (Å²) in [6.45, 7) is 0.525. The Kier molecular flexibility index (Phi) is 4.39. The lowest BCUT2D eigenvalue weighted by molar-refractivity contribution is 0.0735. The van der Waals surface area contributed by atoms with Gasteiger partial charge in [0.05, 0.1) is 12.3 Å². The van der Waals surface area contributed by atoms with Gasteiger partial charge in [-0.2, -0.15) is 0 Å². The molecule has 6 heteroatoms. The van der Waals surface area contributed by atoms with Gasteiger partial charge >= 0.3 is 0 Å². The average Bonchev–Trinajstić information content (AvgIpc) is 2.31. The lowest BCUT2D eigenvalue weighted by Gasteiger charge is -2.17. The molecule has 1 amide bonds. The molecule has 2 N–H and O–H groups in total. The second kappa shape index (κ2) is 5.58. The van der Waals surface area contributed by atoms with Crippen molar-refractivity contribution in [3.63, 3.8) is 0 Å². The first-order valence-corrected chi connectivity index (χ1v) is 4.97. The number of hydrogen-bond donors (Lipinski definition) is 1. The summed E-state index contributed by atoms with van der Waals surface area (Å²) in [4.78, 5) is 13.0. The highest BCUT2D eigenvalue weighted by molar-refractivity contribution is 5.95. The third-order valence-electron chi connectivity index (χ3n) is 2.31. The van der Waals surface area contributed by atoms with E-state index < -0.39 is 23.1 Å². The van der Waals surface area contributed by atoms with Crippen molar-refractivity contribution in [1.82, 2.24) is 4.90 Å². The Morgan fingerprint density at radius 2 is 2.12 bits per heavy atom. The molecular formula is C11H14F2N2O2. The summed E-state index contributed by atoms with van der Waals surface area (Å²) in [5.74, 6) is -2.71. The van der Waals surface area contributed by atoms with Crippen LogP contribution in [0.3, 0.4) is 0 Å². The molecule has 0 saturated carbocycles. The number of carbonyl (C=O) groups excluding carboxylic acids is 1. The minimum atomic E-state index is -1.03. The number of nitrogens with two attached hydrogens (primary N) is 1. The molecule has 94 valence electrons. The van der Waals surface area contributed by atoms with Crippen molar-refractivity contribution >= 4 is 11.6 Å². The molecule has 0 unspecified atom stereocenters. The first kappa shape index (κ1) is 13.4. The van der Waals surface area contributed by atoms with E-state index in [0.29, 0.717) is 0 Å². The lowest BCUT2D eigenvalue weighted by atomic mass is 10.1. The number of carbonyl (C=O) groups is 1. The van der Waals surface area contributed by atoms with Crippen LogP contribution < -0.4 is 5.73 Å². The topological polar surface area (TPSA) is 55.6 Å². The van der Waals surface area contributed by atoms with Gasteiger partial charge in [-0.3, -0.25) is 4.79 Å². The number of nitrogens with zero attached hydrogens (tertiary/aromatic N) is 1. The number of rotatable bonds is 4. The highest BCUT2D eigenvalue weighted by Crippen LogP contribution is 2.19. The van der Waals surface area contributed by atoms with E-state index in [1.807, 2.05) is 0 Å². The first-order valence-electron chi connectivity index (χ1n) is 4.97. The van der Waals surface area contributed by atoms with E-state index in [9.17, 15) is 13.6 Å². The summed E-state index contributed by atoms with van der Waals surface area (Å²) in [7, 11) is 2.91. The number of likely N-dealkylation sites (N-methyl/N-ethyl adjacent to an activating group) is 1. The van der Waals surface area contributed by atoms with Gasteiger partial charge in [0.1, 0.15) is 11.4 Å². The maximum atomic E-state index is 13.6. The minimum Gasteiger partial charge on any atom is -0.396 e. The fraction of sp³-hybridized carbons (Fsp3) is 0.364. The number of halogens is 2. The van der Waals surface area contributed by atoms with Crippen LogP contribution in [0, 0.1) is 11.6 Å². The van der Waals surface area contributed by atoms with E-state index in [1.54, 1.807) is 0 Å². The van der Waals surface area contributed by atoms with Gasteiger partial charge < -0.3 is 15.4 Å². The van der Waals surface area contributed by atoms with Crippen LogP contribution in [0.5, 0.6) is 0 Å². The van der Waals surface area contributed by atoms with Crippen molar-refractivity contribution < 1.29 is 18.3 Å². The molecule has 0 spiro atoms. The fourth-order valence-corrected chi connectivity index (χ4v) is 1.29. The van der Waals surface area contributed by atoms with Crippen molar-refractivity contribution in [3.05, 3.63) is 29.3 Å².